The Labute approximate surface area is 139 Å². The van der Waals surface area contributed by atoms with Crippen LogP contribution in [0.4, 0.5) is 0 Å². The summed E-state index contributed by atoms with van der Waals surface area (Å²) in [6, 6.07) is 5.52. The highest BCUT2D eigenvalue weighted by molar-refractivity contribution is 5.85. The van der Waals surface area contributed by atoms with Crippen molar-refractivity contribution in [1.82, 2.24) is 0 Å². The summed E-state index contributed by atoms with van der Waals surface area (Å²) in [7, 11) is 0. The van der Waals surface area contributed by atoms with Gasteiger partial charge in [0.05, 0.1) is 12.2 Å². The van der Waals surface area contributed by atoms with E-state index in [4.69, 9.17) is 14.6 Å². The molecular formula is C19H28O4. The fraction of sp³-hybridized carbons (Fsp3) is 0.526. The molecule has 0 heterocycles. The van der Waals surface area contributed by atoms with Gasteiger partial charge in [0.2, 0.25) is 0 Å². The molecule has 4 heteroatoms. The van der Waals surface area contributed by atoms with E-state index in [0.29, 0.717) is 11.5 Å². The van der Waals surface area contributed by atoms with Crippen LogP contribution in [0.2, 0.25) is 0 Å². The summed E-state index contributed by atoms with van der Waals surface area (Å²) in [6.45, 7) is 8.32. The van der Waals surface area contributed by atoms with Gasteiger partial charge in [0.1, 0.15) is 0 Å². The molecule has 4 nitrogen and oxygen atoms in total. The van der Waals surface area contributed by atoms with Gasteiger partial charge in [-0.2, -0.15) is 0 Å². The molecule has 0 saturated heterocycles. The summed E-state index contributed by atoms with van der Waals surface area (Å²) >= 11 is 0. The first-order valence-electron chi connectivity index (χ1n) is 8.34. The van der Waals surface area contributed by atoms with E-state index in [1.165, 1.54) is 0 Å². The van der Waals surface area contributed by atoms with Crippen LogP contribution in [-0.4, -0.2) is 23.3 Å². The van der Waals surface area contributed by atoms with Crippen molar-refractivity contribution in [2.45, 2.75) is 65.6 Å². The van der Waals surface area contributed by atoms with Crippen LogP contribution in [0.5, 0.6) is 11.5 Å². The standard InChI is InChI=1S/C19H28O4/c1-5-7-14(3)22-17-11-9-16(10-12-19(20)21)13-18(17)23-15(4)8-6-2/h9-15H,5-8H2,1-4H3,(H,20,21)/b12-10+. The Bertz CT molecular complexity index is 522. The molecule has 0 spiro atoms. The molecule has 0 radical (unpaired) electrons. The minimum atomic E-state index is -0.969. The largest absolute Gasteiger partial charge is 0.487 e. The van der Waals surface area contributed by atoms with Gasteiger partial charge in [-0.3, -0.25) is 0 Å². The van der Waals surface area contributed by atoms with Crippen LogP contribution >= 0.6 is 0 Å². The lowest BCUT2D eigenvalue weighted by Gasteiger charge is -2.20. The Kier molecular flexibility index (Phi) is 8.23. The summed E-state index contributed by atoms with van der Waals surface area (Å²) in [5, 5.41) is 8.75. The van der Waals surface area contributed by atoms with Gasteiger partial charge in [-0.15, -0.1) is 0 Å². The van der Waals surface area contributed by atoms with Gasteiger partial charge in [0.25, 0.3) is 0 Å². The predicted octanol–water partition coefficient (Wildman–Crippen LogP) is 4.92. The van der Waals surface area contributed by atoms with E-state index < -0.39 is 5.97 Å². The summed E-state index contributed by atoms with van der Waals surface area (Å²) in [5.74, 6) is 0.409. The maximum absolute atomic E-state index is 10.7. The molecule has 0 aliphatic heterocycles. The number of benzene rings is 1. The Morgan fingerprint density at radius 2 is 1.65 bits per heavy atom. The highest BCUT2D eigenvalue weighted by Gasteiger charge is 2.12. The van der Waals surface area contributed by atoms with Gasteiger partial charge in [0, 0.05) is 6.08 Å². The SMILES string of the molecule is CCCC(C)Oc1ccc(/C=C/C(=O)O)cc1OC(C)CCC. The number of carbonyl (C=O) groups is 1. The third kappa shape index (κ3) is 7.22. The molecule has 128 valence electrons. The van der Waals surface area contributed by atoms with Gasteiger partial charge in [-0.25, -0.2) is 4.79 Å². The normalized spacial score (nSPS) is 13.7. The van der Waals surface area contributed by atoms with E-state index >= 15 is 0 Å². The van der Waals surface area contributed by atoms with Crippen LogP contribution < -0.4 is 9.47 Å². The summed E-state index contributed by atoms with van der Waals surface area (Å²) in [5.41, 5.74) is 0.779. The van der Waals surface area contributed by atoms with E-state index in [1.807, 2.05) is 32.0 Å². The second-order valence-corrected chi connectivity index (χ2v) is 5.81. The number of hydrogen-bond acceptors (Lipinski definition) is 3. The van der Waals surface area contributed by atoms with Crippen LogP contribution in [0.25, 0.3) is 6.08 Å². The van der Waals surface area contributed by atoms with Crippen molar-refractivity contribution in [2.24, 2.45) is 0 Å². The van der Waals surface area contributed by atoms with Crippen molar-refractivity contribution >= 4 is 12.0 Å². The van der Waals surface area contributed by atoms with E-state index in [1.54, 1.807) is 6.08 Å². The van der Waals surface area contributed by atoms with E-state index in [2.05, 4.69) is 13.8 Å². The fourth-order valence-electron chi connectivity index (χ4n) is 2.35. The van der Waals surface area contributed by atoms with Crippen LogP contribution in [0.1, 0.15) is 58.9 Å². The maximum atomic E-state index is 10.7. The first-order valence-corrected chi connectivity index (χ1v) is 8.34. The Hall–Kier alpha value is -1.97. The zero-order valence-corrected chi connectivity index (χ0v) is 14.5. The number of aliphatic carboxylic acids is 1. The number of ether oxygens (including phenoxy) is 2. The monoisotopic (exact) mass is 320 g/mol. The summed E-state index contributed by atoms with van der Waals surface area (Å²) in [6.07, 6.45) is 6.91. The zero-order chi connectivity index (χ0) is 17.2. The first-order chi connectivity index (χ1) is 11.0. The minimum absolute atomic E-state index is 0.0857. The molecule has 0 aliphatic carbocycles. The molecule has 1 N–H and O–H groups in total. The Morgan fingerprint density at radius 1 is 1.09 bits per heavy atom. The highest BCUT2D eigenvalue weighted by Crippen LogP contribution is 2.31. The average Bonchev–Trinajstić information content (AvgIpc) is 2.48. The molecule has 23 heavy (non-hydrogen) atoms. The lowest BCUT2D eigenvalue weighted by molar-refractivity contribution is -0.131. The molecule has 0 aliphatic rings. The van der Waals surface area contributed by atoms with Gasteiger partial charge in [-0.1, -0.05) is 32.8 Å². The molecule has 2 unspecified atom stereocenters. The van der Waals surface area contributed by atoms with E-state index in [-0.39, 0.29) is 12.2 Å². The van der Waals surface area contributed by atoms with Crippen LogP contribution in [0, 0.1) is 0 Å². The molecule has 1 aromatic carbocycles. The Balaban J connectivity index is 2.99. The second-order valence-electron chi connectivity index (χ2n) is 5.81. The molecule has 0 aromatic heterocycles. The lowest BCUT2D eigenvalue weighted by atomic mass is 10.1. The van der Waals surface area contributed by atoms with Crippen molar-refractivity contribution in [3.8, 4) is 11.5 Å². The topological polar surface area (TPSA) is 55.8 Å². The van der Waals surface area contributed by atoms with Gasteiger partial charge < -0.3 is 14.6 Å². The van der Waals surface area contributed by atoms with Crippen LogP contribution in [-0.2, 0) is 4.79 Å². The molecule has 2 atom stereocenters. The number of carboxylic acids is 1. The molecule has 0 saturated carbocycles. The average molecular weight is 320 g/mol. The van der Waals surface area contributed by atoms with Crippen molar-refractivity contribution in [1.29, 1.82) is 0 Å². The van der Waals surface area contributed by atoms with Crippen molar-refractivity contribution in [3.63, 3.8) is 0 Å². The molecular weight excluding hydrogens is 292 g/mol. The fourth-order valence-corrected chi connectivity index (χ4v) is 2.35. The van der Waals surface area contributed by atoms with E-state index in [0.717, 1.165) is 37.3 Å². The zero-order valence-electron chi connectivity index (χ0n) is 14.5. The van der Waals surface area contributed by atoms with Crippen molar-refractivity contribution in [2.75, 3.05) is 0 Å². The van der Waals surface area contributed by atoms with Crippen molar-refractivity contribution in [3.05, 3.63) is 29.8 Å². The van der Waals surface area contributed by atoms with Gasteiger partial charge in [-0.05, 0) is 50.5 Å². The predicted molar refractivity (Wildman–Crippen MR) is 93.1 cm³/mol. The third-order valence-electron chi connectivity index (χ3n) is 3.43. The number of hydrogen-bond donors (Lipinski definition) is 1. The van der Waals surface area contributed by atoms with Crippen LogP contribution in [0.3, 0.4) is 0 Å². The van der Waals surface area contributed by atoms with Gasteiger partial charge in [0.15, 0.2) is 11.5 Å². The third-order valence-corrected chi connectivity index (χ3v) is 3.43. The summed E-state index contributed by atoms with van der Waals surface area (Å²) < 4.78 is 12.0. The smallest absolute Gasteiger partial charge is 0.328 e. The minimum Gasteiger partial charge on any atom is -0.487 e. The second kappa shape index (κ2) is 9.93. The van der Waals surface area contributed by atoms with Crippen LogP contribution in [0.15, 0.2) is 24.3 Å². The number of carboxylic acid groups (broad SMARTS) is 1. The van der Waals surface area contributed by atoms with E-state index in [9.17, 15) is 4.79 Å². The summed E-state index contributed by atoms with van der Waals surface area (Å²) in [4.78, 5) is 10.7. The van der Waals surface area contributed by atoms with Crippen molar-refractivity contribution < 1.29 is 19.4 Å². The highest BCUT2D eigenvalue weighted by atomic mass is 16.5. The number of rotatable bonds is 10. The Morgan fingerprint density at radius 3 is 2.17 bits per heavy atom. The first kappa shape index (κ1) is 19.1. The van der Waals surface area contributed by atoms with Gasteiger partial charge >= 0.3 is 5.97 Å². The molecule has 0 bridgehead atoms. The lowest BCUT2D eigenvalue weighted by Crippen LogP contribution is -2.15. The maximum Gasteiger partial charge on any atom is 0.328 e. The quantitative estimate of drug-likeness (QED) is 0.622. The molecule has 0 fully saturated rings. The molecule has 1 aromatic rings. The molecule has 1 rings (SSSR count). The molecule has 0 amide bonds.